The van der Waals surface area contributed by atoms with Gasteiger partial charge in [-0.2, -0.15) is 0 Å². The molecule has 0 aromatic carbocycles. The minimum atomic E-state index is 0.539. The van der Waals surface area contributed by atoms with Gasteiger partial charge in [0.05, 0.1) is 17.8 Å². The SMILES string of the molecule is Cc1cc(-c2cnc(NCc3cccs3)nc2-c2ccc(C)o2)on1. The van der Waals surface area contributed by atoms with Gasteiger partial charge in [-0.1, -0.05) is 11.2 Å². The van der Waals surface area contributed by atoms with E-state index in [1.54, 1.807) is 17.5 Å². The molecule has 0 fully saturated rings. The van der Waals surface area contributed by atoms with E-state index in [2.05, 4.69) is 26.5 Å². The van der Waals surface area contributed by atoms with Crippen LogP contribution in [0.4, 0.5) is 5.95 Å². The number of rotatable bonds is 5. The fourth-order valence-electron chi connectivity index (χ4n) is 2.47. The van der Waals surface area contributed by atoms with Crippen molar-refractivity contribution in [1.82, 2.24) is 15.1 Å². The molecule has 0 radical (unpaired) electrons. The molecule has 0 saturated carbocycles. The van der Waals surface area contributed by atoms with Crippen molar-refractivity contribution in [2.45, 2.75) is 20.4 Å². The van der Waals surface area contributed by atoms with E-state index in [4.69, 9.17) is 8.94 Å². The maximum absolute atomic E-state index is 5.77. The number of thiophene rings is 1. The smallest absolute Gasteiger partial charge is 0.223 e. The zero-order chi connectivity index (χ0) is 17.2. The number of anilines is 1. The fourth-order valence-corrected chi connectivity index (χ4v) is 3.11. The number of aromatic nitrogens is 3. The van der Waals surface area contributed by atoms with Gasteiger partial charge in [-0.15, -0.1) is 11.3 Å². The number of hydrogen-bond acceptors (Lipinski definition) is 7. The summed E-state index contributed by atoms with van der Waals surface area (Å²) in [6.07, 6.45) is 1.73. The third kappa shape index (κ3) is 3.32. The molecule has 4 aromatic heterocycles. The lowest BCUT2D eigenvalue weighted by atomic mass is 10.1. The van der Waals surface area contributed by atoms with Gasteiger partial charge >= 0.3 is 0 Å². The Morgan fingerprint density at radius 2 is 2.08 bits per heavy atom. The Labute approximate surface area is 148 Å². The van der Waals surface area contributed by atoms with Gasteiger partial charge in [-0.05, 0) is 37.4 Å². The number of hydrogen-bond donors (Lipinski definition) is 1. The maximum Gasteiger partial charge on any atom is 0.223 e. The predicted octanol–water partition coefficient (Wildman–Crippen LogP) is 4.68. The van der Waals surface area contributed by atoms with Gasteiger partial charge in [0.15, 0.2) is 11.5 Å². The molecule has 0 atom stereocenters. The Bertz CT molecular complexity index is 988. The Balaban J connectivity index is 1.71. The van der Waals surface area contributed by atoms with Gasteiger partial charge in [0.25, 0.3) is 0 Å². The van der Waals surface area contributed by atoms with Gasteiger partial charge < -0.3 is 14.3 Å². The summed E-state index contributed by atoms with van der Waals surface area (Å²) in [5, 5.41) is 9.24. The molecule has 126 valence electrons. The van der Waals surface area contributed by atoms with Crippen LogP contribution in [-0.2, 0) is 6.54 Å². The van der Waals surface area contributed by atoms with Gasteiger partial charge in [0.2, 0.25) is 5.95 Å². The molecule has 4 aromatic rings. The molecule has 7 heteroatoms. The third-order valence-electron chi connectivity index (χ3n) is 3.66. The molecule has 0 amide bonds. The van der Waals surface area contributed by atoms with Crippen LogP contribution in [0.5, 0.6) is 0 Å². The summed E-state index contributed by atoms with van der Waals surface area (Å²) in [5.74, 6) is 2.65. The number of furan rings is 1. The minimum absolute atomic E-state index is 0.539. The summed E-state index contributed by atoms with van der Waals surface area (Å²) in [4.78, 5) is 10.3. The van der Waals surface area contributed by atoms with E-state index in [9.17, 15) is 0 Å². The van der Waals surface area contributed by atoms with E-state index >= 15 is 0 Å². The van der Waals surface area contributed by atoms with Crippen LogP contribution < -0.4 is 5.32 Å². The Morgan fingerprint density at radius 3 is 2.76 bits per heavy atom. The molecular weight excluding hydrogens is 336 g/mol. The van der Waals surface area contributed by atoms with Crippen molar-refractivity contribution in [2.24, 2.45) is 0 Å². The van der Waals surface area contributed by atoms with E-state index in [1.807, 2.05) is 43.5 Å². The van der Waals surface area contributed by atoms with Crippen molar-refractivity contribution < 1.29 is 8.94 Å². The topological polar surface area (TPSA) is 77.0 Å². The Hall–Kier alpha value is -2.93. The lowest BCUT2D eigenvalue weighted by molar-refractivity contribution is 0.427. The fraction of sp³-hybridized carbons (Fsp3) is 0.167. The normalized spacial score (nSPS) is 11.0. The second-order valence-electron chi connectivity index (χ2n) is 5.63. The summed E-state index contributed by atoms with van der Waals surface area (Å²) in [6, 6.07) is 9.75. The summed E-state index contributed by atoms with van der Waals surface area (Å²) in [6.45, 7) is 4.45. The first-order valence-electron chi connectivity index (χ1n) is 7.83. The second kappa shape index (κ2) is 6.52. The monoisotopic (exact) mass is 352 g/mol. The van der Waals surface area contributed by atoms with Crippen molar-refractivity contribution in [3.63, 3.8) is 0 Å². The van der Waals surface area contributed by atoms with Gasteiger partial charge in [0.1, 0.15) is 11.5 Å². The lowest BCUT2D eigenvalue weighted by Gasteiger charge is -2.08. The molecule has 4 rings (SSSR count). The molecular formula is C18H16N4O2S. The van der Waals surface area contributed by atoms with Crippen LogP contribution in [0.25, 0.3) is 22.8 Å². The van der Waals surface area contributed by atoms with Crippen LogP contribution in [0.3, 0.4) is 0 Å². The van der Waals surface area contributed by atoms with E-state index in [1.165, 1.54) is 4.88 Å². The van der Waals surface area contributed by atoms with Gasteiger partial charge in [-0.3, -0.25) is 0 Å². The Kier molecular flexibility index (Phi) is 4.07. The van der Waals surface area contributed by atoms with E-state index in [0.717, 1.165) is 17.0 Å². The number of nitrogens with one attached hydrogen (secondary N) is 1. The highest BCUT2D eigenvalue weighted by Crippen LogP contribution is 2.32. The third-order valence-corrected chi connectivity index (χ3v) is 4.53. The standard InChI is InChI=1S/C18H16N4O2S/c1-11-8-16(24-22-11)14-10-20-18(19-9-13-4-3-7-25-13)21-17(14)15-6-5-12(2)23-15/h3-8,10H,9H2,1-2H3,(H,19,20,21). The van der Waals surface area contributed by atoms with Gasteiger partial charge in [0, 0.05) is 17.1 Å². The average molecular weight is 352 g/mol. The van der Waals surface area contributed by atoms with Crippen LogP contribution >= 0.6 is 11.3 Å². The molecule has 0 unspecified atom stereocenters. The van der Waals surface area contributed by atoms with Gasteiger partial charge in [-0.25, -0.2) is 9.97 Å². The second-order valence-corrected chi connectivity index (χ2v) is 6.66. The highest BCUT2D eigenvalue weighted by Gasteiger charge is 2.17. The molecule has 0 aliphatic heterocycles. The predicted molar refractivity (Wildman–Crippen MR) is 96.4 cm³/mol. The van der Waals surface area contributed by atoms with Crippen LogP contribution in [-0.4, -0.2) is 15.1 Å². The quantitative estimate of drug-likeness (QED) is 0.562. The number of nitrogens with zero attached hydrogens (tertiary/aromatic N) is 3. The summed E-state index contributed by atoms with van der Waals surface area (Å²) in [5.41, 5.74) is 2.22. The molecule has 0 saturated heterocycles. The first-order chi connectivity index (χ1) is 12.2. The summed E-state index contributed by atoms with van der Waals surface area (Å²) in [7, 11) is 0. The van der Waals surface area contributed by atoms with Crippen molar-refractivity contribution in [3.8, 4) is 22.8 Å². The molecule has 4 heterocycles. The number of aryl methyl sites for hydroxylation is 2. The molecule has 6 nitrogen and oxygen atoms in total. The Morgan fingerprint density at radius 1 is 1.16 bits per heavy atom. The van der Waals surface area contributed by atoms with Crippen LogP contribution in [0.1, 0.15) is 16.3 Å². The molecule has 25 heavy (non-hydrogen) atoms. The van der Waals surface area contributed by atoms with E-state index < -0.39 is 0 Å². The molecule has 0 aliphatic carbocycles. The average Bonchev–Trinajstić information content (AvgIpc) is 3.35. The zero-order valence-corrected chi connectivity index (χ0v) is 14.6. The van der Waals surface area contributed by atoms with Crippen molar-refractivity contribution >= 4 is 17.3 Å². The van der Waals surface area contributed by atoms with Crippen molar-refractivity contribution in [1.29, 1.82) is 0 Å². The summed E-state index contributed by atoms with van der Waals surface area (Å²) < 4.78 is 11.2. The van der Waals surface area contributed by atoms with Crippen molar-refractivity contribution in [3.05, 3.63) is 58.2 Å². The minimum Gasteiger partial charge on any atom is -0.460 e. The molecule has 0 spiro atoms. The molecule has 0 aliphatic rings. The van der Waals surface area contributed by atoms with E-state index in [-0.39, 0.29) is 0 Å². The zero-order valence-electron chi connectivity index (χ0n) is 13.8. The van der Waals surface area contributed by atoms with Crippen molar-refractivity contribution in [2.75, 3.05) is 5.32 Å². The highest BCUT2D eigenvalue weighted by molar-refractivity contribution is 7.09. The molecule has 0 bridgehead atoms. The van der Waals surface area contributed by atoms with E-state index in [0.29, 0.717) is 29.7 Å². The summed E-state index contributed by atoms with van der Waals surface area (Å²) >= 11 is 1.69. The van der Waals surface area contributed by atoms with Crippen LogP contribution in [0, 0.1) is 13.8 Å². The maximum atomic E-state index is 5.77. The van der Waals surface area contributed by atoms with Crippen LogP contribution in [0.15, 0.2) is 50.8 Å². The lowest BCUT2D eigenvalue weighted by Crippen LogP contribution is -2.03. The first-order valence-corrected chi connectivity index (χ1v) is 8.71. The van der Waals surface area contributed by atoms with Crippen LogP contribution in [0.2, 0.25) is 0 Å². The molecule has 1 N–H and O–H groups in total. The largest absolute Gasteiger partial charge is 0.460 e. The highest BCUT2D eigenvalue weighted by atomic mass is 32.1. The first kappa shape index (κ1) is 15.6.